The topological polar surface area (TPSA) is 13.0 Å². The Morgan fingerprint density at radius 3 is 0.844 bits per heavy atom. The summed E-state index contributed by atoms with van der Waals surface area (Å²) in [6, 6.07) is 3.00. The third kappa shape index (κ3) is 8.10. The van der Waals surface area contributed by atoms with Crippen LogP contribution in [0.25, 0.3) is 0 Å². The summed E-state index contributed by atoms with van der Waals surface area (Å²) in [4.78, 5) is 0. The summed E-state index contributed by atoms with van der Waals surface area (Å²) in [5.41, 5.74) is 0. The molecule has 0 aliphatic rings. The lowest BCUT2D eigenvalue weighted by molar-refractivity contribution is 0.260. The Morgan fingerprint density at radius 2 is 0.688 bits per heavy atom. The normalized spacial score (nSPS) is 13.9. The molecule has 192 valence electrons. The summed E-state index contributed by atoms with van der Waals surface area (Å²) < 4.78 is 10.4. The lowest BCUT2D eigenvalue weighted by Gasteiger charge is -2.46. The zero-order valence-corrected chi connectivity index (χ0v) is 26.7. The minimum Gasteiger partial charge on any atom is -0.246 e. The summed E-state index contributed by atoms with van der Waals surface area (Å²) in [6.07, 6.45) is 0. The molecule has 0 fully saturated rings. The second-order valence-electron chi connectivity index (χ2n) is 11.2. The van der Waals surface area contributed by atoms with Crippen LogP contribution in [-0.2, 0) is 0 Å². The standard InChI is InChI=1S/C25H56ClN4P2/c1-18(2)27(19(3)4)31(28(20(5)6)21(7)8)17-32(26,29(22(9)10)23(11)12)30(24(13)14)25(15)16/h18-25H,1-16H3/q+1. The van der Waals surface area contributed by atoms with Gasteiger partial charge in [0.15, 0.2) is 11.7 Å². The van der Waals surface area contributed by atoms with Crippen LogP contribution in [0.1, 0.15) is 111 Å². The van der Waals surface area contributed by atoms with Crippen molar-refractivity contribution >= 4 is 30.8 Å². The van der Waals surface area contributed by atoms with Gasteiger partial charge in [0.1, 0.15) is 0 Å². The van der Waals surface area contributed by atoms with E-state index < -0.39 is 14.4 Å². The van der Waals surface area contributed by atoms with Gasteiger partial charge in [-0.15, -0.1) is 9.34 Å². The van der Waals surface area contributed by atoms with Crippen molar-refractivity contribution in [3.63, 3.8) is 0 Å². The summed E-state index contributed by atoms with van der Waals surface area (Å²) in [7, 11) is -0.847. The second kappa shape index (κ2) is 13.7. The molecule has 7 heteroatoms. The molecule has 0 spiro atoms. The fourth-order valence-electron chi connectivity index (χ4n) is 5.04. The Bertz CT molecular complexity index is 572. The van der Waals surface area contributed by atoms with Crippen LogP contribution in [0.15, 0.2) is 0 Å². The Hall–Kier alpha value is 0.640. The van der Waals surface area contributed by atoms with Gasteiger partial charge in [0.05, 0.1) is 0 Å². The maximum absolute atomic E-state index is 7.97. The number of rotatable bonds is 12. The fourth-order valence-corrected chi connectivity index (χ4v) is 15.0. The highest BCUT2D eigenvalue weighted by Crippen LogP contribution is 2.64. The van der Waals surface area contributed by atoms with E-state index in [0.717, 1.165) is 0 Å². The molecule has 32 heavy (non-hydrogen) atoms. The largest absolute Gasteiger partial charge is 0.339 e. The van der Waals surface area contributed by atoms with Gasteiger partial charge in [-0.25, -0.2) is 9.34 Å². The minimum atomic E-state index is -2.40. The molecule has 0 aromatic carbocycles. The Balaban J connectivity index is 7.99. The number of nitrogens with zero attached hydrogens (tertiary/aromatic N) is 4. The molecule has 0 aromatic rings. The summed E-state index contributed by atoms with van der Waals surface area (Å²) in [6.45, 7) is 34.4. The first kappa shape index (κ1) is 32.6. The predicted molar refractivity (Wildman–Crippen MR) is 153 cm³/mol. The monoisotopic (exact) mass is 509 g/mol. The van der Waals surface area contributed by atoms with Gasteiger partial charge in [-0.1, -0.05) is 11.2 Å². The Kier molecular flexibility index (Phi) is 13.9. The molecule has 0 bridgehead atoms. The quantitative estimate of drug-likeness (QED) is 0.245. The fraction of sp³-hybridized carbons (Fsp3) is 0.960. The van der Waals surface area contributed by atoms with Crippen molar-refractivity contribution in [2.45, 2.75) is 159 Å². The molecular weight excluding hydrogens is 454 g/mol. The van der Waals surface area contributed by atoms with E-state index in [2.05, 4.69) is 135 Å². The average molecular weight is 510 g/mol. The zero-order valence-electron chi connectivity index (χ0n) is 24.2. The number of hydrogen-bond donors (Lipinski definition) is 0. The maximum atomic E-state index is 7.97. The highest BCUT2D eigenvalue weighted by atomic mass is 35.7. The van der Waals surface area contributed by atoms with Crippen molar-refractivity contribution in [2.24, 2.45) is 0 Å². The Labute approximate surface area is 208 Å². The lowest BCUT2D eigenvalue weighted by atomic mass is 10.3. The van der Waals surface area contributed by atoms with Crippen LogP contribution in [-0.4, -0.2) is 72.2 Å². The van der Waals surface area contributed by atoms with E-state index in [-0.39, 0.29) is 0 Å². The van der Waals surface area contributed by atoms with E-state index in [1.165, 1.54) is 0 Å². The first-order valence-electron chi connectivity index (χ1n) is 12.7. The van der Waals surface area contributed by atoms with E-state index in [4.69, 9.17) is 11.2 Å². The van der Waals surface area contributed by atoms with Crippen LogP contribution >= 0.6 is 25.6 Å². The molecule has 0 saturated heterocycles. The summed E-state index contributed by atoms with van der Waals surface area (Å²) in [5, 5.41) is 4.23. The average Bonchev–Trinajstić information content (AvgIpc) is 2.50. The van der Waals surface area contributed by atoms with Crippen LogP contribution in [0.4, 0.5) is 0 Å². The SMILES string of the molecule is CC(C)N(C(C)C)[P+](=C=P(Cl)(N(C(C)C)C(C)C)N(C(C)C)C(C)C)N(C(C)C)C(C)C. The van der Waals surface area contributed by atoms with E-state index in [1.807, 2.05) is 0 Å². The molecular formula is C25H56ClN4P2+. The van der Waals surface area contributed by atoms with Crippen molar-refractivity contribution in [1.29, 1.82) is 0 Å². The van der Waals surface area contributed by atoms with Crippen molar-refractivity contribution < 1.29 is 0 Å². The number of hydrogen-bond acceptors (Lipinski definition) is 4. The second-order valence-corrected chi connectivity index (χ2v) is 16.9. The van der Waals surface area contributed by atoms with E-state index >= 15 is 0 Å². The summed E-state index contributed by atoms with van der Waals surface area (Å²) >= 11 is 7.97. The predicted octanol–water partition coefficient (Wildman–Crippen LogP) is 8.41. The van der Waals surface area contributed by atoms with Crippen molar-refractivity contribution in [3.05, 3.63) is 0 Å². The van der Waals surface area contributed by atoms with Crippen LogP contribution in [0, 0.1) is 0 Å². The first-order valence-corrected chi connectivity index (χ1v) is 16.6. The summed E-state index contributed by atoms with van der Waals surface area (Å²) in [5.74, 6) is 0. The molecule has 0 atom stereocenters. The highest BCUT2D eigenvalue weighted by molar-refractivity contribution is 7.97. The molecule has 4 nitrogen and oxygen atoms in total. The van der Waals surface area contributed by atoms with Gasteiger partial charge >= 0.3 is 7.85 Å². The van der Waals surface area contributed by atoms with Gasteiger partial charge < -0.3 is 0 Å². The van der Waals surface area contributed by atoms with Gasteiger partial charge in [0.25, 0.3) is 0 Å². The molecule has 0 N–H and O–H groups in total. The van der Waals surface area contributed by atoms with Crippen molar-refractivity contribution in [2.75, 3.05) is 0 Å². The van der Waals surface area contributed by atoms with Crippen LogP contribution in [0.2, 0.25) is 0 Å². The minimum absolute atomic E-state index is 0.336. The number of halogens is 1. The molecule has 0 amide bonds. The van der Waals surface area contributed by atoms with Gasteiger partial charge in [0, 0.05) is 48.3 Å². The first-order chi connectivity index (χ1) is 14.4. The van der Waals surface area contributed by atoms with Crippen LogP contribution < -0.4 is 0 Å². The maximum Gasteiger partial charge on any atom is 0.339 e. The van der Waals surface area contributed by atoms with Crippen molar-refractivity contribution in [1.82, 2.24) is 18.7 Å². The highest BCUT2D eigenvalue weighted by Gasteiger charge is 2.44. The molecule has 0 aliphatic carbocycles. The third-order valence-electron chi connectivity index (χ3n) is 5.50. The zero-order chi connectivity index (χ0) is 25.7. The molecule has 0 aliphatic heterocycles. The smallest absolute Gasteiger partial charge is 0.246 e. The molecule has 0 rings (SSSR count). The Morgan fingerprint density at radius 1 is 0.469 bits per heavy atom. The van der Waals surface area contributed by atoms with E-state index in [1.54, 1.807) is 0 Å². The van der Waals surface area contributed by atoms with Gasteiger partial charge in [0.2, 0.25) is 0 Å². The van der Waals surface area contributed by atoms with Crippen LogP contribution in [0.5, 0.6) is 0 Å². The molecule has 0 unspecified atom stereocenters. The van der Waals surface area contributed by atoms with E-state index in [9.17, 15) is 0 Å². The lowest BCUT2D eigenvalue weighted by Crippen LogP contribution is -2.44. The molecule has 0 aromatic heterocycles. The third-order valence-corrected chi connectivity index (χ3v) is 14.8. The van der Waals surface area contributed by atoms with Gasteiger partial charge in [-0.3, -0.25) is 0 Å². The van der Waals surface area contributed by atoms with Crippen molar-refractivity contribution in [3.8, 4) is 0 Å². The molecule has 0 saturated carbocycles. The van der Waals surface area contributed by atoms with Gasteiger partial charge in [-0.2, -0.15) is 0 Å². The van der Waals surface area contributed by atoms with Gasteiger partial charge in [-0.05, 0) is 111 Å². The van der Waals surface area contributed by atoms with Crippen LogP contribution in [0.3, 0.4) is 0 Å². The molecule has 0 heterocycles. The van der Waals surface area contributed by atoms with E-state index in [0.29, 0.717) is 48.3 Å². The molecule has 0 radical (unpaired) electrons.